The van der Waals surface area contributed by atoms with E-state index in [0.29, 0.717) is 43.9 Å². The number of nitrogens with zero attached hydrogens (tertiary/aromatic N) is 1. The summed E-state index contributed by atoms with van der Waals surface area (Å²) in [4.78, 5) is 26.8. The fourth-order valence-corrected chi connectivity index (χ4v) is 3.43. The number of carbonyl (C=O) groups is 2. The van der Waals surface area contributed by atoms with Crippen LogP contribution in [0.15, 0.2) is 48.5 Å². The van der Waals surface area contributed by atoms with E-state index in [1.54, 1.807) is 12.0 Å². The lowest BCUT2D eigenvalue weighted by Gasteiger charge is -2.31. The first-order valence-electron chi connectivity index (χ1n) is 9.33. The molecule has 0 radical (unpaired) electrons. The molecule has 1 saturated heterocycles. The Morgan fingerprint density at radius 2 is 1.74 bits per heavy atom. The molecule has 1 amide bonds. The second-order valence-electron chi connectivity index (χ2n) is 6.60. The van der Waals surface area contributed by atoms with Crippen LogP contribution in [0, 0.1) is 5.92 Å². The molecule has 0 N–H and O–H groups in total. The number of benzene rings is 2. The van der Waals surface area contributed by atoms with E-state index in [0.717, 1.165) is 11.1 Å². The summed E-state index contributed by atoms with van der Waals surface area (Å²) in [5.74, 6) is 0.221. The summed E-state index contributed by atoms with van der Waals surface area (Å²) in [7, 11) is 1.57. The molecule has 0 saturated carbocycles. The standard InChI is InChI=1S/C22H25NO4/c1-3-27-22(25)17-11-13-23(14-12-17)21(24)19-15-18(9-10-20(19)26-2)16-7-5-4-6-8-16/h4-10,15,17H,3,11-14H2,1-2H3. The summed E-state index contributed by atoms with van der Waals surface area (Å²) in [5.41, 5.74) is 2.57. The van der Waals surface area contributed by atoms with Crippen LogP contribution in [-0.2, 0) is 9.53 Å². The van der Waals surface area contributed by atoms with Gasteiger partial charge in [0.1, 0.15) is 5.75 Å². The van der Waals surface area contributed by atoms with Crippen molar-refractivity contribution in [1.29, 1.82) is 0 Å². The highest BCUT2D eigenvalue weighted by Crippen LogP contribution is 2.29. The van der Waals surface area contributed by atoms with E-state index >= 15 is 0 Å². The average molecular weight is 367 g/mol. The van der Waals surface area contributed by atoms with Crippen LogP contribution in [0.4, 0.5) is 0 Å². The summed E-state index contributed by atoms with van der Waals surface area (Å²) in [6.45, 7) is 3.28. The van der Waals surface area contributed by atoms with Crippen LogP contribution in [0.3, 0.4) is 0 Å². The molecule has 0 bridgehead atoms. The first-order chi connectivity index (χ1) is 13.1. The van der Waals surface area contributed by atoms with E-state index in [-0.39, 0.29) is 17.8 Å². The molecule has 1 aliphatic rings. The third-order valence-electron chi connectivity index (χ3n) is 4.94. The Kier molecular flexibility index (Phi) is 6.12. The molecule has 27 heavy (non-hydrogen) atoms. The lowest BCUT2D eigenvalue weighted by atomic mass is 9.96. The van der Waals surface area contributed by atoms with Crippen LogP contribution in [-0.4, -0.2) is 43.6 Å². The third kappa shape index (κ3) is 4.30. The minimum Gasteiger partial charge on any atom is -0.496 e. The third-order valence-corrected chi connectivity index (χ3v) is 4.94. The first kappa shape index (κ1) is 19.0. The molecular formula is C22H25NO4. The molecule has 0 aliphatic carbocycles. The molecule has 0 unspecified atom stereocenters. The maximum atomic E-state index is 13.1. The van der Waals surface area contributed by atoms with Gasteiger partial charge in [-0.1, -0.05) is 36.4 Å². The molecule has 5 nitrogen and oxygen atoms in total. The first-order valence-corrected chi connectivity index (χ1v) is 9.33. The molecule has 0 atom stereocenters. The van der Waals surface area contributed by atoms with Crippen LogP contribution >= 0.6 is 0 Å². The number of rotatable bonds is 5. The van der Waals surface area contributed by atoms with Crippen molar-refractivity contribution in [2.24, 2.45) is 5.92 Å². The highest BCUT2D eigenvalue weighted by molar-refractivity contribution is 5.98. The van der Waals surface area contributed by atoms with Crippen LogP contribution in [0.25, 0.3) is 11.1 Å². The highest BCUT2D eigenvalue weighted by Gasteiger charge is 2.29. The number of esters is 1. The normalized spacial score (nSPS) is 14.7. The van der Waals surface area contributed by atoms with Crippen LogP contribution in [0.5, 0.6) is 5.75 Å². The minimum atomic E-state index is -0.159. The quantitative estimate of drug-likeness (QED) is 0.755. The van der Waals surface area contributed by atoms with E-state index < -0.39 is 0 Å². The van der Waals surface area contributed by atoms with Crippen molar-refractivity contribution in [3.05, 3.63) is 54.1 Å². The fourth-order valence-electron chi connectivity index (χ4n) is 3.43. The van der Waals surface area contributed by atoms with Crippen molar-refractivity contribution in [3.63, 3.8) is 0 Å². The van der Waals surface area contributed by atoms with Crippen molar-refractivity contribution < 1.29 is 19.1 Å². The Balaban J connectivity index is 1.77. The number of methoxy groups -OCH3 is 1. The Morgan fingerprint density at radius 3 is 2.37 bits per heavy atom. The smallest absolute Gasteiger partial charge is 0.309 e. The number of amides is 1. The lowest BCUT2D eigenvalue weighted by Crippen LogP contribution is -2.40. The summed E-state index contributed by atoms with van der Waals surface area (Å²) in [5, 5.41) is 0. The van der Waals surface area contributed by atoms with Gasteiger partial charge in [0.2, 0.25) is 0 Å². The predicted molar refractivity (Wildman–Crippen MR) is 104 cm³/mol. The van der Waals surface area contributed by atoms with Gasteiger partial charge in [-0.05, 0) is 43.0 Å². The van der Waals surface area contributed by atoms with E-state index in [4.69, 9.17) is 9.47 Å². The van der Waals surface area contributed by atoms with Gasteiger partial charge in [0.05, 0.1) is 25.2 Å². The van der Waals surface area contributed by atoms with Crippen LogP contribution in [0.2, 0.25) is 0 Å². The summed E-state index contributed by atoms with van der Waals surface area (Å²) in [6, 6.07) is 15.6. The van der Waals surface area contributed by atoms with Crippen molar-refractivity contribution in [2.75, 3.05) is 26.8 Å². The highest BCUT2D eigenvalue weighted by atomic mass is 16.5. The summed E-state index contributed by atoms with van der Waals surface area (Å²) >= 11 is 0. The molecule has 142 valence electrons. The van der Waals surface area contributed by atoms with Gasteiger partial charge in [-0.2, -0.15) is 0 Å². The minimum absolute atomic E-state index is 0.0630. The molecule has 2 aromatic carbocycles. The van der Waals surface area contributed by atoms with Gasteiger partial charge in [-0.15, -0.1) is 0 Å². The van der Waals surface area contributed by atoms with Gasteiger partial charge in [-0.25, -0.2) is 0 Å². The number of hydrogen-bond donors (Lipinski definition) is 0. The Morgan fingerprint density at radius 1 is 1.04 bits per heavy atom. The van der Waals surface area contributed by atoms with Crippen molar-refractivity contribution in [3.8, 4) is 16.9 Å². The lowest BCUT2D eigenvalue weighted by molar-refractivity contribution is -0.149. The van der Waals surface area contributed by atoms with Gasteiger partial charge in [0.25, 0.3) is 5.91 Å². The number of likely N-dealkylation sites (tertiary alicyclic amines) is 1. The zero-order valence-corrected chi connectivity index (χ0v) is 15.8. The Bertz CT molecular complexity index is 795. The largest absolute Gasteiger partial charge is 0.496 e. The van der Waals surface area contributed by atoms with E-state index in [9.17, 15) is 9.59 Å². The maximum absolute atomic E-state index is 13.1. The molecule has 1 fully saturated rings. The van der Waals surface area contributed by atoms with Crippen molar-refractivity contribution in [2.45, 2.75) is 19.8 Å². The molecular weight excluding hydrogens is 342 g/mol. The number of carbonyl (C=O) groups excluding carboxylic acids is 2. The summed E-state index contributed by atoms with van der Waals surface area (Å²) in [6.07, 6.45) is 1.26. The summed E-state index contributed by atoms with van der Waals surface area (Å²) < 4.78 is 10.5. The molecule has 2 aromatic rings. The van der Waals surface area contributed by atoms with E-state index in [1.807, 2.05) is 55.5 Å². The monoisotopic (exact) mass is 367 g/mol. The molecule has 1 aliphatic heterocycles. The van der Waals surface area contributed by atoms with Crippen LogP contribution in [0.1, 0.15) is 30.1 Å². The fraction of sp³-hybridized carbons (Fsp3) is 0.364. The average Bonchev–Trinajstić information content (AvgIpc) is 2.73. The molecule has 5 heteroatoms. The SMILES string of the molecule is CCOC(=O)C1CCN(C(=O)c2cc(-c3ccccc3)ccc2OC)CC1. The second-order valence-corrected chi connectivity index (χ2v) is 6.60. The number of piperidine rings is 1. The van der Waals surface area contributed by atoms with Crippen LogP contribution < -0.4 is 4.74 Å². The molecule has 3 rings (SSSR count). The maximum Gasteiger partial charge on any atom is 0.309 e. The zero-order valence-electron chi connectivity index (χ0n) is 15.8. The van der Waals surface area contributed by atoms with Gasteiger partial charge in [0, 0.05) is 13.1 Å². The zero-order chi connectivity index (χ0) is 19.2. The van der Waals surface area contributed by atoms with Crippen molar-refractivity contribution >= 4 is 11.9 Å². The van der Waals surface area contributed by atoms with Gasteiger partial charge < -0.3 is 14.4 Å². The number of ether oxygens (including phenoxy) is 2. The molecule has 1 heterocycles. The Hall–Kier alpha value is -2.82. The van der Waals surface area contributed by atoms with Crippen molar-refractivity contribution in [1.82, 2.24) is 4.90 Å². The molecule has 0 spiro atoms. The second kappa shape index (κ2) is 8.71. The van der Waals surface area contributed by atoms with Gasteiger partial charge >= 0.3 is 5.97 Å². The number of hydrogen-bond acceptors (Lipinski definition) is 4. The van der Waals surface area contributed by atoms with E-state index in [1.165, 1.54) is 0 Å². The topological polar surface area (TPSA) is 55.8 Å². The molecule has 0 aromatic heterocycles. The Labute approximate surface area is 159 Å². The van der Waals surface area contributed by atoms with Gasteiger partial charge in [-0.3, -0.25) is 9.59 Å². The van der Waals surface area contributed by atoms with Gasteiger partial charge in [0.15, 0.2) is 0 Å². The van der Waals surface area contributed by atoms with E-state index in [2.05, 4.69) is 0 Å². The predicted octanol–water partition coefficient (Wildman–Crippen LogP) is 3.78.